The molecule has 0 N–H and O–H groups in total. The van der Waals surface area contributed by atoms with Gasteiger partial charge >= 0.3 is 0 Å². The Balaban J connectivity index is 1.99. The monoisotopic (exact) mass is 338 g/mol. The minimum absolute atomic E-state index is 0.0697. The van der Waals surface area contributed by atoms with Crippen LogP contribution >= 0.6 is 0 Å². The van der Waals surface area contributed by atoms with E-state index >= 15 is 0 Å². The van der Waals surface area contributed by atoms with Gasteiger partial charge in [-0.2, -0.15) is 0 Å². The van der Waals surface area contributed by atoms with Gasteiger partial charge in [0.05, 0.1) is 0 Å². The van der Waals surface area contributed by atoms with E-state index in [1.807, 2.05) is 0 Å². The van der Waals surface area contributed by atoms with Crippen LogP contribution in [0.4, 0.5) is 22.0 Å². The topological polar surface area (TPSA) is 0 Å². The average molecular weight is 338 g/mol. The van der Waals surface area contributed by atoms with E-state index in [4.69, 9.17) is 0 Å². The van der Waals surface area contributed by atoms with Crippen molar-refractivity contribution < 1.29 is 22.0 Å². The number of benzene rings is 2. The molecular formula is C19H15F5. The highest BCUT2D eigenvalue weighted by atomic mass is 19.2. The van der Waals surface area contributed by atoms with Crippen LogP contribution in [0.1, 0.15) is 41.5 Å². The molecule has 0 nitrogen and oxygen atoms in total. The molecule has 0 saturated carbocycles. The molecule has 0 fully saturated rings. The summed E-state index contributed by atoms with van der Waals surface area (Å²) < 4.78 is 69.2. The number of hydrogen-bond acceptors (Lipinski definition) is 0. The van der Waals surface area contributed by atoms with Gasteiger partial charge in [-0.05, 0) is 67.0 Å². The van der Waals surface area contributed by atoms with Gasteiger partial charge in [-0.1, -0.05) is 12.2 Å². The first-order valence-corrected chi connectivity index (χ1v) is 7.69. The molecule has 1 unspecified atom stereocenters. The average Bonchev–Trinajstić information content (AvgIpc) is 2.52. The number of halogens is 5. The Kier molecular flexibility index (Phi) is 4.43. The van der Waals surface area contributed by atoms with Crippen molar-refractivity contribution in [2.75, 3.05) is 0 Å². The van der Waals surface area contributed by atoms with Crippen molar-refractivity contribution in [2.24, 2.45) is 0 Å². The summed E-state index contributed by atoms with van der Waals surface area (Å²) in [5, 5.41) is 0. The lowest BCUT2D eigenvalue weighted by atomic mass is 9.79. The predicted molar refractivity (Wildman–Crippen MR) is 82.1 cm³/mol. The van der Waals surface area contributed by atoms with Crippen molar-refractivity contribution in [3.05, 3.63) is 75.6 Å². The molecule has 2 aromatic rings. The minimum Gasteiger partial charge on any atom is -0.207 e. The lowest BCUT2D eigenvalue weighted by Gasteiger charge is -2.26. The van der Waals surface area contributed by atoms with Crippen LogP contribution in [0.2, 0.25) is 0 Å². The second-order valence-electron chi connectivity index (χ2n) is 5.96. The second kappa shape index (κ2) is 6.38. The van der Waals surface area contributed by atoms with E-state index in [9.17, 15) is 22.0 Å². The summed E-state index contributed by atoms with van der Waals surface area (Å²) in [6.07, 6.45) is 3.70. The molecule has 0 spiro atoms. The van der Waals surface area contributed by atoms with E-state index in [0.29, 0.717) is 5.56 Å². The molecule has 0 aromatic heterocycles. The second-order valence-corrected chi connectivity index (χ2v) is 5.96. The van der Waals surface area contributed by atoms with Crippen LogP contribution in [0.5, 0.6) is 0 Å². The zero-order valence-corrected chi connectivity index (χ0v) is 13.0. The number of hydrogen-bond donors (Lipinski definition) is 0. The molecule has 0 aliphatic heterocycles. The molecule has 0 bridgehead atoms. The van der Waals surface area contributed by atoms with Gasteiger partial charge in [0.1, 0.15) is 11.6 Å². The number of rotatable bonds is 2. The Morgan fingerprint density at radius 3 is 2.21 bits per heavy atom. The summed E-state index contributed by atoms with van der Waals surface area (Å²) in [5.41, 5.74) is 0.682. The molecule has 1 aliphatic rings. The highest BCUT2D eigenvalue weighted by Gasteiger charge is 2.29. The minimum atomic E-state index is -1.50. The Hall–Kier alpha value is -2.17. The number of fused-ring (bicyclic) bond motifs is 1. The van der Waals surface area contributed by atoms with Gasteiger partial charge in [0, 0.05) is 5.56 Å². The van der Waals surface area contributed by atoms with E-state index in [-0.39, 0.29) is 36.0 Å². The zero-order chi connectivity index (χ0) is 17.4. The van der Waals surface area contributed by atoms with Gasteiger partial charge in [-0.15, -0.1) is 0 Å². The summed E-state index contributed by atoms with van der Waals surface area (Å²) in [5.74, 6) is -5.88. The van der Waals surface area contributed by atoms with Crippen LogP contribution in [-0.2, 0) is 12.8 Å². The van der Waals surface area contributed by atoms with Crippen LogP contribution in [0, 0.1) is 29.1 Å². The fraction of sp³-hybridized carbons (Fsp3) is 0.263. The molecule has 1 aliphatic carbocycles. The first kappa shape index (κ1) is 16.7. The van der Waals surface area contributed by atoms with Crippen LogP contribution in [0.25, 0.3) is 6.08 Å². The normalized spacial score (nSPS) is 17.3. The van der Waals surface area contributed by atoms with Crippen LogP contribution in [0.3, 0.4) is 0 Å². The fourth-order valence-electron chi connectivity index (χ4n) is 3.35. The van der Waals surface area contributed by atoms with E-state index in [1.165, 1.54) is 12.1 Å². The summed E-state index contributed by atoms with van der Waals surface area (Å²) in [6.45, 7) is 1.74. The molecule has 0 saturated heterocycles. The molecule has 2 aromatic carbocycles. The Labute approximate surface area is 136 Å². The van der Waals surface area contributed by atoms with Gasteiger partial charge in [-0.3, -0.25) is 0 Å². The fourth-order valence-corrected chi connectivity index (χ4v) is 3.35. The smallest absolute Gasteiger partial charge is 0.194 e. The third kappa shape index (κ3) is 2.83. The quantitative estimate of drug-likeness (QED) is 0.488. The number of allylic oxidation sites excluding steroid dienone is 1. The maximum absolute atomic E-state index is 14.3. The van der Waals surface area contributed by atoms with E-state index in [0.717, 1.165) is 6.07 Å². The summed E-state index contributed by atoms with van der Waals surface area (Å²) >= 11 is 0. The summed E-state index contributed by atoms with van der Waals surface area (Å²) in [4.78, 5) is 0. The highest BCUT2D eigenvalue weighted by molar-refractivity contribution is 5.51. The molecule has 126 valence electrons. The van der Waals surface area contributed by atoms with Gasteiger partial charge in [0.2, 0.25) is 0 Å². The SMILES string of the molecule is C/C=C/c1cc(F)c(C2CCc3c(cc(F)c(F)c3F)C2)c(F)c1. The molecule has 1 atom stereocenters. The lowest BCUT2D eigenvalue weighted by molar-refractivity contribution is 0.424. The zero-order valence-electron chi connectivity index (χ0n) is 13.0. The van der Waals surface area contributed by atoms with Crippen molar-refractivity contribution in [3.8, 4) is 0 Å². The van der Waals surface area contributed by atoms with Gasteiger partial charge < -0.3 is 0 Å². The van der Waals surface area contributed by atoms with E-state index < -0.39 is 35.0 Å². The largest absolute Gasteiger partial charge is 0.207 e. The maximum atomic E-state index is 14.3. The molecule has 0 heterocycles. The van der Waals surface area contributed by atoms with Crippen LogP contribution in [-0.4, -0.2) is 0 Å². The predicted octanol–water partition coefficient (Wildman–Crippen LogP) is 5.69. The van der Waals surface area contributed by atoms with Crippen molar-refractivity contribution in [1.29, 1.82) is 0 Å². The third-order valence-corrected chi connectivity index (χ3v) is 4.43. The first-order valence-electron chi connectivity index (χ1n) is 7.69. The molecule has 24 heavy (non-hydrogen) atoms. The summed E-state index contributed by atoms with van der Waals surface area (Å²) in [6, 6.07) is 3.39. The molecular weight excluding hydrogens is 323 g/mol. The van der Waals surface area contributed by atoms with Gasteiger partial charge in [0.15, 0.2) is 17.5 Å². The Bertz CT molecular complexity index is 800. The molecule has 0 radical (unpaired) electrons. The molecule has 3 rings (SSSR count). The van der Waals surface area contributed by atoms with Gasteiger partial charge in [-0.25, -0.2) is 22.0 Å². The van der Waals surface area contributed by atoms with Crippen molar-refractivity contribution in [3.63, 3.8) is 0 Å². The van der Waals surface area contributed by atoms with Crippen molar-refractivity contribution >= 4 is 6.08 Å². The van der Waals surface area contributed by atoms with Crippen LogP contribution in [0.15, 0.2) is 24.3 Å². The standard InChI is InChI=1S/C19H15F5/c1-2-3-10-6-14(20)17(15(21)7-10)11-4-5-13-12(8-11)9-16(22)19(24)18(13)23/h2-3,6-7,9,11H,4-5,8H2,1H3/b3-2+. The summed E-state index contributed by atoms with van der Waals surface area (Å²) in [7, 11) is 0. The van der Waals surface area contributed by atoms with Gasteiger partial charge in [0.25, 0.3) is 0 Å². The van der Waals surface area contributed by atoms with E-state index in [1.54, 1.807) is 19.1 Å². The van der Waals surface area contributed by atoms with Crippen molar-refractivity contribution in [1.82, 2.24) is 0 Å². The van der Waals surface area contributed by atoms with Crippen LogP contribution < -0.4 is 0 Å². The molecule has 5 heteroatoms. The third-order valence-electron chi connectivity index (χ3n) is 4.43. The lowest BCUT2D eigenvalue weighted by Crippen LogP contribution is -2.18. The Morgan fingerprint density at radius 2 is 1.58 bits per heavy atom. The Morgan fingerprint density at radius 1 is 0.917 bits per heavy atom. The first-order chi connectivity index (χ1) is 11.4. The molecule has 0 amide bonds. The maximum Gasteiger partial charge on any atom is 0.194 e. The van der Waals surface area contributed by atoms with E-state index in [2.05, 4.69) is 0 Å². The van der Waals surface area contributed by atoms with Crippen molar-refractivity contribution in [2.45, 2.75) is 32.1 Å². The highest BCUT2D eigenvalue weighted by Crippen LogP contribution is 2.37.